The highest BCUT2D eigenvalue weighted by atomic mass is 16.3. The molecule has 1 aromatic rings. The van der Waals surface area contributed by atoms with Gasteiger partial charge in [0.15, 0.2) is 6.10 Å². The fraction of sp³-hybridized carbons (Fsp3) is 0.783. The Kier molecular flexibility index (Phi) is 7.66. The van der Waals surface area contributed by atoms with Gasteiger partial charge in [0.05, 0.1) is 23.5 Å². The van der Waals surface area contributed by atoms with Crippen LogP contribution in [0.15, 0.2) is 6.20 Å². The van der Waals surface area contributed by atoms with E-state index in [1.54, 1.807) is 23.4 Å². The van der Waals surface area contributed by atoms with Crippen molar-refractivity contribution in [2.75, 3.05) is 6.54 Å². The second-order valence-electron chi connectivity index (χ2n) is 10.3. The molecule has 34 heavy (non-hydrogen) atoms. The average Bonchev–Trinajstić information content (AvgIpc) is 3.45. The Morgan fingerprint density at radius 2 is 1.94 bits per heavy atom. The molecule has 2 aliphatic rings. The lowest BCUT2D eigenvalue weighted by Crippen LogP contribution is -2.64. The van der Waals surface area contributed by atoms with E-state index in [1.165, 1.54) is 6.20 Å². The van der Waals surface area contributed by atoms with Gasteiger partial charge in [-0.1, -0.05) is 38.3 Å². The van der Waals surface area contributed by atoms with Crippen molar-refractivity contribution in [3.63, 3.8) is 0 Å². The first-order valence-corrected chi connectivity index (χ1v) is 12.1. The third-order valence-corrected chi connectivity index (χ3v) is 7.36. The average molecular weight is 479 g/mol. The molecule has 190 valence electrons. The van der Waals surface area contributed by atoms with Gasteiger partial charge < -0.3 is 26.2 Å². The van der Waals surface area contributed by atoms with Gasteiger partial charge in [0.2, 0.25) is 17.7 Å². The van der Waals surface area contributed by atoms with Gasteiger partial charge in [0.1, 0.15) is 11.6 Å². The predicted octanol–water partition coefficient (Wildman–Crippen LogP) is 0.359. The molecule has 2 fully saturated rings. The van der Waals surface area contributed by atoms with Crippen molar-refractivity contribution >= 4 is 17.7 Å². The summed E-state index contributed by atoms with van der Waals surface area (Å²) in [4.78, 5) is 40.2. The van der Waals surface area contributed by atoms with E-state index in [-0.39, 0.29) is 30.8 Å². The Balaban J connectivity index is 1.91. The van der Waals surface area contributed by atoms with E-state index in [0.29, 0.717) is 25.0 Å². The van der Waals surface area contributed by atoms with Gasteiger partial charge in [-0.25, -0.2) is 4.68 Å². The van der Waals surface area contributed by atoms with Crippen LogP contribution in [0, 0.1) is 5.92 Å². The molecule has 0 spiro atoms. The molecule has 1 unspecified atom stereocenters. The van der Waals surface area contributed by atoms with E-state index >= 15 is 0 Å². The van der Waals surface area contributed by atoms with Crippen molar-refractivity contribution < 1.29 is 24.6 Å². The van der Waals surface area contributed by atoms with E-state index in [9.17, 15) is 24.6 Å². The van der Waals surface area contributed by atoms with Gasteiger partial charge in [-0.3, -0.25) is 14.4 Å². The summed E-state index contributed by atoms with van der Waals surface area (Å²) in [5.74, 6) is -1.73. The van der Waals surface area contributed by atoms with E-state index < -0.39 is 35.1 Å². The lowest BCUT2D eigenvalue weighted by molar-refractivity contribution is -0.144. The summed E-state index contributed by atoms with van der Waals surface area (Å²) in [6.45, 7) is 7.22. The largest absolute Gasteiger partial charge is 0.384 e. The molecule has 11 heteroatoms. The third kappa shape index (κ3) is 5.10. The molecule has 5 N–H and O–H groups in total. The molecule has 3 amide bonds. The molecule has 11 nitrogen and oxygen atoms in total. The summed E-state index contributed by atoms with van der Waals surface area (Å²) in [6.07, 6.45) is 4.18. The second-order valence-corrected chi connectivity index (χ2v) is 10.3. The van der Waals surface area contributed by atoms with Crippen molar-refractivity contribution in [3.05, 3.63) is 11.9 Å². The van der Waals surface area contributed by atoms with Gasteiger partial charge in [0, 0.05) is 18.9 Å². The highest BCUT2D eigenvalue weighted by Gasteiger charge is 2.48. The smallest absolute Gasteiger partial charge is 0.248 e. The number of carbonyl (C=O) groups is 3. The van der Waals surface area contributed by atoms with Crippen molar-refractivity contribution in [3.8, 4) is 0 Å². The van der Waals surface area contributed by atoms with Gasteiger partial charge in [-0.05, 0) is 33.1 Å². The summed E-state index contributed by atoms with van der Waals surface area (Å²) in [5, 5.41) is 32.1. The first kappa shape index (κ1) is 26.1. The third-order valence-electron chi connectivity index (χ3n) is 7.36. The molecule has 3 rings (SSSR count). The second kappa shape index (κ2) is 9.99. The number of carbonyl (C=O) groups excluding carboxylic acids is 3. The maximum absolute atomic E-state index is 13.6. The summed E-state index contributed by atoms with van der Waals surface area (Å²) in [5.41, 5.74) is 3.56. The van der Waals surface area contributed by atoms with Crippen LogP contribution in [0.1, 0.15) is 84.4 Å². The quantitative estimate of drug-likeness (QED) is 0.419. The van der Waals surface area contributed by atoms with Crippen molar-refractivity contribution in [2.45, 2.75) is 102 Å². The molecule has 0 aromatic carbocycles. The zero-order valence-corrected chi connectivity index (χ0v) is 20.5. The number of aromatic nitrogens is 3. The van der Waals surface area contributed by atoms with E-state index in [0.717, 1.165) is 19.3 Å². The Bertz CT molecular complexity index is 904. The zero-order chi connectivity index (χ0) is 25.3. The number of hydrogen-bond donors (Lipinski definition) is 4. The molecule has 4 atom stereocenters. The summed E-state index contributed by atoms with van der Waals surface area (Å²) >= 11 is 0. The maximum Gasteiger partial charge on any atom is 0.248 e. The molecular formula is C23H38N6O5. The summed E-state index contributed by atoms with van der Waals surface area (Å²) < 4.78 is 1.58. The van der Waals surface area contributed by atoms with Crippen LogP contribution < -0.4 is 11.1 Å². The van der Waals surface area contributed by atoms with Crippen LogP contribution in [0.3, 0.4) is 0 Å². The Hall–Kier alpha value is -2.53. The number of primary amides is 1. The molecule has 0 bridgehead atoms. The zero-order valence-electron chi connectivity index (χ0n) is 20.5. The Labute approximate surface area is 200 Å². The molecule has 1 aliphatic heterocycles. The van der Waals surface area contributed by atoms with Crippen molar-refractivity contribution in [1.29, 1.82) is 0 Å². The lowest BCUT2D eigenvalue weighted by Gasteiger charge is -2.41. The number of aliphatic hydroxyl groups is 2. The molecule has 1 aliphatic carbocycles. The number of nitrogens with zero attached hydrogens (tertiary/aromatic N) is 4. The van der Waals surface area contributed by atoms with Crippen LogP contribution in [-0.4, -0.2) is 72.1 Å². The number of hydrogen-bond acceptors (Lipinski definition) is 7. The standard InChI is InChI=1S/C23H38N6O5/c1-5-14(2)21(33)28-13-15(29-17(12-25-27-29)22(3,4)34)11-16(28)20(32)26-23(18(30)19(24)31)9-7-6-8-10-23/h12,14-16,18,30,34H,5-11,13H2,1-4H3,(H2,24,31)(H,26,32)/t14-,15+,16+,18?/m1/s1. The minimum atomic E-state index is -1.51. The monoisotopic (exact) mass is 478 g/mol. The van der Waals surface area contributed by atoms with Crippen molar-refractivity contribution in [2.24, 2.45) is 11.7 Å². The van der Waals surface area contributed by atoms with E-state index in [2.05, 4.69) is 15.6 Å². The number of rotatable bonds is 8. The molecular weight excluding hydrogens is 440 g/mol. The topological polar surface area (TPSA) is 164 Å². The van der Waals surface area contributed by atoms with Gasteiger partial charge in [-0.2, -0.15) is 0 Å². The SMILES string of the molecule is CC[C@@H](C)C(=O)N1C[C@@H](n2nncc2C(C)(C)O)C[C@H]1C(=O)NC1(C(O)C(N)=O)CCCCC1. The van der Waals surface area contributed by atoms with Crippen LogP contribution in [0.25, 0.3) is 0 Å². The molecule has 1 aromatic heterocycles. The molecule has 2 heterocycles. The van der Waals surface area contributed by atoms with Gasteiger partial charge in [-0.15, -0.1) is 5.10 Å². The summed E-state index contributed by atoms with van der Waals surface area (Å²) in [7, 11) is 0. The maximum atomic E-state index is 13.6. The molecule has 1 saturated carbocycles. The minimum absolute atomic E-state index is 0.150. The highest BCUT2D eigenvalue weighted by molar-refractivity contribution is 5.90. The Morgan fingerprint density at radius 1 is 1.29 bits per heavy atom. The normalized spacial score (nSPS) is 24.5. The summed E-state index contributed by atoms with van der Waals surface area (Å²) in [6, 6.07) is -1.18. The lowest BCUT2D eigenvalue weighted by atomic mass is 9.77. The predicted molar refractivity (Wildman–Crippen MR) is 123 cm³/mol. The minimum Gasteiger partial charge on any atom is -0.384 e. The fourth-order valence-electron chi connectivity index (χ4n) is 5.14. The Morgan fingerprint density at radius 3 is 2.50 bits per heavy atom. The number of nitrogens with one attached hydrogen (secondary N) is 1. The van der Waals surface area contributed by atoms with Crippen LogP contribution in [0.2, 0.25) is 0 Å². The highest BCUT2D eigenvalue weighted by Crippen LogP contribution is 2.35. The van der Waals surface area contributed by atoms with Crippen molar-refractivity contribution in [1.82, 2.24) is 25.2 Å². The van der Waals surface area contributed by atoms with Crippen LogP contribution in [-0.2, 0) is 20.0 Å². The number of amides is 3. The van der Waals surface area contributed by atoms with Gasteiger partial charge >= 0.3 is 0 Å². The van der Waals surface area contributed by atoms with Crippen LogP contribution in [0.5, 0.6) is 0 Å². The molecule has 1 saturated heterocycles. The molecule has 0 radical (unpaired) electrons. The number of likely N-dealkylation sites (tertiary alicyclic amines) is 1. The number of nitrogens with two attached hydrogens (primary N) is 1. The van der Waals surface area contributed by atoms with E-state index in [4.69, 9.17) is 5.73 Å². The van der Waals surface area contributed by atoms with Gasteiger partial charge in [0.25, 0.3) is 0 Å². The number of aliphatic hydroxyl groups excluding tert-OH is 1. The van der Waals surface area contributed by atoms with E-state index in [1.807, 2.05) is 13.8 Å². The first-order valence-electron chi connectivity index (χ1n) is 12.1. The van der Waals surface area contributed by atoms with Crippen LogP contribution >= 0.6 is 0 Å². The van der Waals surface area contributed by atoms with Crippen LogP contribution in [0.4, 0.5) is 0 Å². The first-order chi connectivity index (χ1) is 15.9. The fourth-order valence-corrected chi connectivity index (χ4v) is 5.14.